The van der Waals surface area contributed by atoms with Gasteiger partial charge in [-0.2, -0.15) is 0 Å². The van der Waals surface area contributed by atoms with Crippen molar-refractivity contribution in [2.24, 2.45) is 0 Å². The molecule has 3 N–H and O–H groups in total. The van der Waals surface area contributed by atoms with Crippen LogP contribution in [-0.4, -0.2) is 46.1 Å². The molecule has 0 bridgehead atoms. The molecule has 29 heavy (non-hydrogen) atoms. The van der Waals surface area contributed by atoms with Crippen LogP contribution in [0, 0.1) is 0 Å². The van der Waals surface area contributed by atoms with Gasteiger partial charge in [0.2, 0.25) is 0 Å². The highest BCUT2D eigenvalue weighted by molar-refractivity contribution is 5.98. The second-order valence-corrected chi connectivity index (χ2v) is 6.61. The summed E-state index contributed by atoms with van der Waals surface area (Å²) in [5.74, 6) is -3.07. The largest absolute Gasteiger partial charge is 0.481 e. The Morgan fingerprint density at radius 1 is 1.31 bits per heavy atom. The lowest BCUT2D eigenvalue weighted by atomic mass is 9.95. The number of Topliss-reactive ketones (excluding diaryl/α,β-unsaturated/α-hetero) is 1. The standard InChI is InChI=1S/C20H20FN3O5/c1-2-20(19(28)23-14(9-17(26)27)16(25)11-21)10-15(24-29-20)13-7-3-5-12-6-4-8-22-18(12)13/h3-8,10,14,24H,2,9,11H2,1H3,(H,23,28)(H,26,27). The summed E-state index contributed by atoms with van der Waals surface area (Å²) in [6, 6.07) is 7.81. The summed E-state index contributed by atoms with van der Waals surface area (Å²) in [4.78, 5) is 45.4. The first kappa shape index (κ1) is 20.4. The van der Waals surface area contributed by atoms with Crippen LogP contribution in [-0.2, 0) is 19.2 Å². The van der Waals surface area contributed by atoms with E-state index in [1.54, 1.807) is 19.2 Å². The molecule has 2 aromatic rings. The molecule has 1 aromatic heterocycles. The average Bonchev–Trinajstić information content (AvgIpc) is 3.17. The maximum Gasteiger partial charge on any atom is 0.305 e. The third kappa shape index (κ3) is 4.09. The normalized spacial score (nSPS) is 19.3. The van der Waals surface area contributed by atoms with Crippen LogP contribution in [0.2, 0.25) is 0 Å². The number of hydrogen-bond donors (Lipinski definition) is 3. The Hall–Kier alpha value is -3.33. The first-order chi connectivity index (χ1) is 13.9. The first-order valence-electron chi connectivity index (χ1n) is 9.02. The molecule has 0 saturated carbocycles. The van der Waals surface area contributed by atoms with E-state index >= 15 is 0 Å². The van der Waals surface area contributed by atoms with Gasteiger partial charge in [-0.05, 0) is 18.6 Å². The minimum Gasteiger partial charge on any atom is -0.481 e. The van der Waals surface area contributed by atoms with E-state index < -0.39 is 42.4 Å². The van der Waals surface area contributed by atoms with Gasteiger partial charge >= 0.3 is 5.97 Å². The number of carbonyl (C=O) groups is 3. The van der Waals surface area contributed by atoms with Crippen molar-refractivity contribution in [3.8, 4) is 0 Å². The molecular weight excluding hydrogens is 381 g/mol. The minimum absolute atomic E-state index is 0.192. The van der Waals surface area contributed by atoms with E-state index in [4.69, 9.17) is 9.94 Å². The Morgan fingerprint density at radius 3 is 2.76 bits per heavy atom. The number of alkyl halides is 1. The van der Waals surface area contributed by atoms with E-state index in [2.05, 4.69) is 15.8 Å². The fourth-order valence-electron chi connectivity index (χ4n) is 3.13. The Morgan fingerprint density at radius 2 is 2.07 bits per heavy atom. The topological polar surface area (TPSA) is 118 Å². The van der Waals surface area contributed by atoms with Gasteiger partial charge in [-0.3, -0.25) is 29.7 Å². The van der Waals surface area contributed by atoms with E-state index in [9.17, 15) is 18.8 Å². The molecule has 0 saturated heterocycles. The number of rotatable bonds is 8. The smallest absolute Gasteiger partial charge is 0.305 e. The van der Waals surface area contributed by atoms with Gasteiger partial charge in [0, 0.05) is 17.1 Å². The Bertz CT molecular complexity index is 988. The SMILES string of the molecule is CCC1(C(=O)NC(CC(=O)O)C(=O)CF)C=C(c2cccc3cccnc23)NO1. The van der Waals surface area contributed by atoms with Crippen LogP contribution in [0.3, 0.4) is 0 Å². The van der Waals surface area contributed by atoms with Crippen LogP contribution in [0.1, 0.15) is 25.3 Å². The number of hydroxylamine groups is 1. The zero-order chi connectivity index (χ0) is 21.0. The van der Waals surface area contributed by atoms with Gasteiger partial charge < -0.3 is 10.4 Å². The van der Waals surface area contributed by atoms with Gasteiger partial charge in [-0.15, -0.1) is 0 Å². The number of fused-ring (bicyclic) bond motifs is 1. The molecule has 1 aliphatic rings. The van der Waals surface area contributed by atoms with Gasteiger partial charge in [-0.25, -0.2) is 4.39 Å². The number of ketones is 1. The summed E-state index contributed by atoms with van der Waals surface area (Å²) >= 11 is 0. The molecule has 2 atom stereocenters. The van der Waals surface area contributed by atoms with E-state index in [-0.39, 0.29) is 6.42 Å². The Labute approximate surface area is 165 Å². The van der Waals surface area contributed by atoms with Crippen LogP contribution in [0.25, 0.3) is 16.6 Å². The molecule has 0 aliphatic carbocycles. The lowest BCUT2D eigenvalue weighted by Gasteiger charge is -2.25. The predicted octanol–water partition coefficient (Wildman–Crippen LogP) is 1.76. The summed E-state index contributed by atoms with van der Waals surface area (Å²) in [6.45, 7) is 0.324. The quantitative estimate of drug-likeness (QED) is 0.617. The van der Waals surface area contributed by atoms with Gasteiger partial charge in [0.1, 0.15) is 12.7 Å². The van der Waals surface area contributed by atoms with E-state index in [1.807, 2.05) is 30.3 Å². The van der Waals surface area contributed by atoms with Crippen molar-refractivity contribution in [1.82, 2.24) is 15.8 Å². The van der Waals surface area contributed by atoms with Crippen molar-refractivity contribution in [2.75, 3.05) is 6.67 Å². The number of nitrogens with one attached hydrogen (secondary N) is 2. The highest BCUT2D eigenvalue weighted by Gasteiger charge is 2.43. The molecule has 3 rings (SSSR count). The number of carboxylic acids is 1. The highest BCUT2D eigenvalue weighted by atomic mass is 19.1. The number of carbonyl (C=O) groups excluding carboxylic acids is 2. The molecule has 0 radical (unpaired) electrons. The molecule has 0 spiro atoms. The van der Waals surface area contributed by atoms with Crippen LogP contribution in [0.5, 0.6) is 0 Å². The Kier molecular flexibility index (Phi) is 5.88. The van der Waals surface area contributed by atoms with Crippen molar-refractivity contribution >= 4 is 34.3 Å². The summed E-state index contributed by atoms with van der Waals surface area (Å²) in [5, 5.41) is 12.1. The van der Waals surface area contributed by atoms with Gasteiger partial charge in [0.15, 0.2) is 11.4 Å². The third-order valence-electron chi connectivity index (χ3n) is 4.76. The molecule has 1 aliphatic heterocycles. The predicted molar refractivity (Wildman–Crippen MR) is 102 cm³/mol. The maximum atomic E-state index is 12.8. The fraction of sp³-hybridized carbons (Fsp3) is 0.300. The summed E-state index contributed by atoms with van der Waals surface area (Å²) in [6.07, 6.45) is 2.69. The number of hydrogen-bond acceptors (Lipinski definition) is 6. The zero-order valence-corrected chi connectivity index (χ0v) is 15.6. The first-order valence-corrected chi connectivity index (χ1v) is 9.02. The molecule has 1 aromatic carbocycles. The minimum atomic E-state index is -1.49. The highest BCUT2D eigenvalue weighted by Crippen LogP contribution is 2.32. The van der Waals surface area contributed by atoms with Crippen LogP contribution in [0.15, 0.2) is 42.6 Å². The lowest BCUT2D eigenvalue weighted by molar-refractivity contribution is -0.147. The molecule has 9 heteroatoms. The van der Waals surface area contributed by atoms with Crippen molar-refractivity contribution < 1.29 is 28.7 Å². The van der Waals surface area contributed by atoms with Crippen molar-refractivity contribution in [2.45, 2.75) is 31.4 Å². The van der Waals surface area contributed by atoms with Crippen LogP contribution >= 0.6 is 0 Å². The molecule has 2 heterocycles. The molecule has 1 amide bonds. The number of pyridine rings is 1. The van der Waals surface area contributed by atoms with Gasteiger partial charge in [0.25, 0.3) is 5.91 Å². The molecular formula is C20H20FN3O5. The lowest BCUT2D eigenvalue weighted by Crippen LogP contribution is -2.53. The third-order valence-corrected chi connectivity index (χ3v) is 4.76. The van der Waals surface area contributed by atoms with E-state index in [1.165, 1.54) is 0 Å². The second-order valence-electron chi connectivity index (χ2n) is 6.61. The molecule has 8 nitrogen and oxygen atoms in total. The summed E-state index contributed by atoms with van der Waals surface area (Å²) in [5.41, 5.74) is 3.18. The number of aromatic nitrogens is 1. The van der Waals surface area contributed by atoms with Gasteiger partial charge in [0.05, 0.1) is 17.6 Å². The monoisotopic (exact) mass is 401 g/mol. The number of carboxylic acid groups (broad SMARTS) is 1. The van der Waals surface area contributed by atoms with E-state index in [0.29, 0.717) is 16.8 Å². The number of nitrogens with zero attached hydrogens (tertiary/aromatic N) is 1. The zero-order valence-electron chi connectivity index (χ0n) is 15.6. The second kappa shape index (κ2) is 8.36. The maximum absolute atomic E-state index is 12.8. The van der Waals surface area contributed by atoms with Crippen molar-refractivity contribution in [1.29, 1.82) is 0 Å². The number of benzene rings is 1. The Balaban J connectivity index is 1.91. The van der Waals surface area contributed by atoms with E-state index in [0.717, 1.165) is 5.39 Å². The van der Waals surface area contributed by atoms with Gasteiger partial charge in [-0.1, -0.05) is 31.2 Å². The molecule has 0 fully saturated rings. The number of amides is 1. The molecule has 152 valence electrons. The van der Waals surface area contributed by atoms with Crippen LogP contribution in [0.4, 0.5) is 4.39 Å². The molecule has 2 unspecified atom stereocenters. The van der Waals surface area contributed by atoms with Crippen molar-refractivity contribution in [3.63, 3.8) is 0 Å². The van der Waals surface area contributed by atoms with Crippen molar-refractivity contribution in [3.05, 3.63) is 48.2 Å². The fourth-order valence-corrected chi connectivity index (χ4v) is 3.13. The summed E-state index contributed by atoms with van der Waals surface area (Å²) < 4.78 is 12.8. The van der Waals surface area contributed by atoms with Crippen LogP contribution < -0.4 is 10.8 Å². The number of halogens is 1. The number of para-hydroxylation sites is 1. The number of aliphatic carboxylic acids is 1. The summed E-state index contributed by atoms with van der Waals surface area (Å²) in [7, 11) is 0. The average molecular weight is 401 g/mol.